The third-order valence-electron chi connectivity index (χ3n) is 3.74. The normalized spacial score (nSPS) is 10.4. The fourth-order valence-electron chi connectivity index (χ4n) is 2.33. The van der Waals surface area contributed by atoms with E-state index in [9.17, 15) is 4.79 Å². The van der Waals surface area contributed by atoms with Crippen LogP contribution in [0.25, 0.3) is 0 Å². The number of carbonyl (C=O) groups is 1. The summed E-state index contributed by atoms with van der Waals surface area (Å²) in [5.41, 5.74) is 1.39. The fraction of sp³-hybridized carbons (Fsp3) is 0.350. The van der Waals surface area contributed by atoms with Crippen LogP contribution < -0.4 is 10.1 Å². The zero-order chi connectivity index (χ0) is 17.2. The van der Waals surface area contributed by atoms with Crippen molar-refractivity contribution in [3.63, 3.8) is 0 Å². The van der Waals surface area contributed by atoms with Crippen LogP contribution in [-0.4, -0.2) is 12.5 Å². The molecule has 0 aromatic heterocycles. The van der Waals surface area contributed by atoms with Gasteiger partial charge in [0.15, 0.2) is 0 Å². The summed E-state index contributed by atoms with van der Waals surface area (Å²) in [5.74, 6) is 0.689. The number of hydrogen-bond acceptors (Lipinski definition) is 2. The number of amides is 1. The van der Waals surface area contributed by atoms with Crippen LogP contribution in [0.3, 0.4) is 0 Å². The molecule has 0 aliphatic rings. The maximum absolute atomic E-state index is 12.2. The summed E-state index contributed by atoms with van der Waals surface area (Å²) >= 11 is 3.38. The van der Waals surface area contributed by atoms with Gasteiger partial charge in [0.1, 0.15) is 5.75 Å². The number of halogens is 1. The number of hydrogen-bond donors (Lipinski definition) is 1. The Kier molecular flexibility index (Phi) is 7.83. The lowest BCUT2D eigenvalue weighted by Crippen LogP contribution is -2.11. The van der Waals surface area contributed by atoms with Gasteiger partial charge in [-0.2, -0.15) is 0 Å². The summed E-state index contributed by atoms with van der Waals surface area (Å²) < 4.78 is 6.70. The molecule has 0 atom stereocenters. The van der Waals surface area contributed by atoms with Crippen LogP contribution >= 0.6 is 15.9 Å². The molecule has 0 bridgehead atoms. The van der Waals surface area contributed by atoms with E-state index >= 15 is 0 Å². The third-order valence-corrected chi connectivity index (χ3v) is 4.26. The standard InChI is InChI=1S/C20H24BrNO2/c1-2-3-4-5-6-15-24-19-13-7-16(8-14-19)20(23)22-18-11-9-17(21)10-12-18/h7-14H,2-6,15H2,1H3,(H,22,23). The lowest BCUT2D eigenvalue weighted by molar-refractivity contribution is 0.102. The molecule has 2 rings (SSSR count). The molecule has 0 fully saturated rings. The van der Waals surface area contributed by atoms with E-state index in [1.54, 1.807) is 12.1 Å². The lowest BCUT2D eigenvalue weighted by Gasteiger charge is -2.08. The number of unbranched alkanes of at least 4 members (excludes halogenated alkanes) is 4. The van der Waals surface area contributed by atoms with Crippen LogP contribution in [0.5, 0.6) is 5.75 Å². The molecule has 0 spiro atoms. The predicted molar refractivity (Wildman–Crippen MR) is 103 cm³/mol. The summed E-state index contributed by atoms with van der Waals surface area (Å²) in [6.07, 6.45) is 6.11. The molecule has 0 saturated carbocycles. The molecule has 128 valence electrons. The summed E-state index contributed by atoms with van der Waals surface area (Å²) in [6.45, 7) is 2.94. The molecular formula is C20H24BrNO2. The van der Waals surface area contributed by atoms with Crippen LogP contribution in [0.2, 0.25) is 0 Å². The minimum Gasteiger partial charge on any atom is -0.494 e. The van der Waals surface area contributed by atoms with Gasteiger partial charge in [-0.1, -0.05) is 48.5 Å². The second-order valence-corrected chi connectivity index (χ2v) is 6.66. The Balaban J connectivity index is 1.78. The van der Waals surface area contributed by atoms with Crippen molar-refractivity contribution >= 4 is 27.5 Å². The minimum absolute atomic E-state index is 0.122. The van der Waals surface area contributed by atoms with Crippen LogP contribution in [0.1, 0.15) is 49.4 Å². The first-order valence-corrected chi connectivity index (χ1v) is 9.28. The second kappa shape index (κ2) is 10.1. The van der Waals surface area contributed by atoms with Crippen molar-refractivity contribution in [2.45, 2.75) is 39.0 Å². The van der Waals surface area contributed by atoms with Crippen molar-refractivity contribution in [1.82, 2.24) is 0 Å². The largest absolute Gasteiger partial charge is 0.494 e. The van der Waals surface area contributed by atoms with Crippen molar-refractivity contribution < 1.29 is 9.53 Å². The van der Waals surface area contributed by atoms with Gasteiger partial charge in [0.25, 0.3) is 5.91 Å². The number of ether oxygens (including phenoxy) is 1. The first-order valence-electron chi connectivity index (χ1n) is 8.49. The SMILES string of the molecule is CCCCCCCOc1ccc(C(=O)Nc2ccc(Br)cc2)cc1. The number of benzene rings is 2. The summed E-state index contributed by atoms with van der Waals surface area (Å²) in [6, 6.07) is 14.8. The van der Waals surface area contributed by atoms with Crippen molar-refractivity contribution in [3.8, 4) is 5.75 Å². The van der Waals surface area contributed by atoms with Gasteiger partial charge in [-0.15, -0.1) is 0 Å². The van der Waals surface area contributed by atoms with E-state index in [1.807, 2.05) is 36.4 Å². The van der Waals surface area contributed by atoms with Crippen molar-refractivity contribution in [2.75, 3.05) is 11.9 Å². The topological polar surface area (TPSA) is 38.3 Å². The Morgan fingerprint density at radius 1 is 0.958 bits per heavy atom. The highest BCUT2D eigenvalue weighted by molar-refractivity contribution is 9.10. The second-order valence-electron chi connectivity index (χ2n) is 5.75. The van der Waals surface area contributed by atoms with E-state index in [4.69, 9.17) is 4.74 Å². The molecule has 0 saturated heterocycles. The van der Waals surface area contributed by atoms with Gasteiger partial charge in [-0.05, 0) is 55.0 Å². The van der Waals surface area contributed by atoms with Gasteiger partial charge in [0.2, 0.25) is 0 Å². The highest BCUT2D eigenvalue weighted by atomic mass is 79.9. The smallest absolute Gasteiger partial charge is 0.255 e. The molecule has 0 heterocycles. The van der Waals surface area contributed by atoms with Gasteiger partial charge in [0.05, 0.1) is 6.61 Å². The first-order chi connectivity index (χ1) is 11.7. The maximum Gasteiger partial charge on any atom is 0.255 e. The quantitative estimate of drug-likeness (QED) is 0.529. The average Bonchev–Trinajstić information content (AvgIpc) is 2.60. The Bertz CT molecular complexity index is 623. The third kappa shape index (κ3) is 6.36. The van der Waals surface area contributed by atoms with Crippen LogP contribution in [0.4, 0.5) is 5.69 Å². The molecule has 2 aromatic carbocycles. The number of anilines is 1. The molecule has 0 radical (unpaired) electrons. The Morgan fingerprint density at radius 3 is 2.29 bits per heavy atom. The van der Waals surface area contributed by atoms with E-state index in [-0.39, 0.29) is 5.91 Å². The van der Waals surface area contributed by atoms with Crippen LogP contribution in [0.15, 0.2) is 53.0 Å². The van der Waals surface area contributed by atoms with Gasteiger partial charge in [-0.3, -0.25) is 4.79 Å². The monoisotopic (exact) mass is 389 g/mol. The summed E-state index contributed by atoms with van der Waals surface area (Å²) in [5, 5.41) is 2.88. The van der Waals surface area contributed by atoms with Crippen LogP contribution in [-0.2, 0) is 0 Å². The van der Waals surface area contributed by atoms with E-state index in [1.165, 1.54) is 25.7 Å². The van der Waals surface area contributed by atoms with Gasteiger partial charge >= 0.3 is 0 Å². The average molecular weight is 390 g/mol. The highest BCUT2D eigenvalue weighted by Gasteiger charge is 2.06. The van der Waals surface area contributed by atoms with Crippen molar-refractivity contribution in [3.05, 3.63) is 58.6 Å². The zero-order valence-electron chi connectivity index (χ0n) is 14.1. The molecular weight excluding hydrogens is 366 g/mol. The van der Waals surface area contributed by atoms with E-state index < -0.39 is 0 Å². The number of nitrogens with one attached hydrogen (secondary N) is 1. The maximum atomic E-state index is 12.2. The fourth-order valence-corrected chi connectivity index (χ4v) is 2.60. The molecule has 2 aromatic rings. The van der Waals surface area contributed by atoms with Gasteiger partial charge in [-0.25, -0.2) is 0 Å². The predicted octanol–water partition coefficient (Wildman–Crippen LogP) is 6.05. The molecule has 1 amide bonds. The Hall–Kier alpha value is -1.81. The van der Waals surface area contributed by atoms with Crippen molar-refractivity contribution in [1.29, 1.82) is 0 Å². The van der Waals surface area contributed by atoms with Crippen molar-refractivity contribution in [2.24, 2.45) is 0 Å². The lowest BCUT2D eigenvalue weighted by atomic mass is 10.1. The molecule has 24 heavy (non-hydrogen) atoms. The van der Waals surface area contributed by atoms with E-state index in [2.05, 4.69) is 28.2 Å². The molecule has 4 heteroatoms. The zero-order valence-corrected chi connectivity index (χ0v) is 15.6. The van der Waals surface area contributed by atoms with Gasteiger partial charge in [0, 0.05) is 15.7 Å². The van der Waals surface area contributed by atoms with E-state index in [0.717, 1.165) is 28.9 Å². The molecule has 0 aliphatic heterocycles. The Morgan fingerprint density at radius 2 is 1.62 bits per heavy atom. The van der Waals surface area contributed by atoms with Gasteiger partial charge < -0.3 is 10.1 Å². The number of rotatable bonds is 9. The number of carbonyl (C=O) groups excluding carboxylic acids is 1. The summed E-state index contributed by atoms with van der Waals surface area (Å²) in [4.78, 5) is 12.2. The molecule has 1 N–H and O–H groups in total. The van der Waals surface area contributed by atoms with Crippen LogP contribution in [0, 0.1) is 0 Å². The minimum atomic E-state index is -0.122. The highest BCUT2D eigenvalue weighted by Crippen LogP contribution is 2.17. The molecule has 0 aliphatic carbocycles. The Labute approximate surface area is 152 Å². The molecule has 3 nitrogen and oxygen atoms in total. The first kappa shape index (κ1) is 18.5. The summed E-state index contributed by atoms with van der Waals surface area (Å²) in [7, 11) is 0. The molecule has 0 unspecified atom stereocenters. The van der Waals surface area contributed by atoms with E-state index in [0.29, 0.717) is 5.56 Å².